The molecule has 1 unspecified atom stereocenters. The largest absolute Gasteiger partial charge is 1.00 e. The van der Waals surface area contributed by atoms with Crippen molar-refractivity contribution in [1.29, 1.82) is 0 Å². The summed E-state index contributed by atoms with van der Waals surface area (Å²) in [5.41, 5.74) is 6.11. The van der Waals surface area contributed by atoms with E-state index in [1.807, 2.05) is 0 Å². The molecule has 0 fully saturated rings. The molecule has 1 aromatic carbocycles. The zero-order valence-corrected chi connectivity index (χ0v) is 13.4. The Labute approximate surface area is 128 Å². The maximum absolute atomic E-state index is 11.5. The number of hydrogen-bond donors (Lipinski definition) is 2. The molecular formula is C10H15NNaO5P. The molecule has 0 heterocycles. The van der Waals surface area contributed by atoms with Crippen LogP contribution >= 0.6 is 7.82 Å². The van der Waals surface area contributed by atoms with Crippen LogP contribution in [0.15, 0.2) is 18.2 Å². The fourth-order valence-electron chi connectivity index (χ4n) is 1.26. The molecular weight excluding hydrogens is 268 g/mol. The molecule has 0 saturated carbocycles. The first-order valence-corrected chi connectivity index (χ1v) is 6.65. The van der Waals surface area contributed by atoms with Crippen molar-refractivity contribution < 1.29 is 53.2 Å². The van der Waals surface area contributed by atoms with E-state index in [1.165, 1.54) is 12.1 Å². The van der Waals surface area contributed by atoms with Crippen LogP contribution in [0.3, 0.4) is 0 Å². The maximum atomic E-state index is 11.5. The Morgan fingerprint density at radius 3 is 2.67 bits per heavy atom. The van der Waals surface area contributed by atoms with E-state index in [0.717, 1.165) is 5.56 Å². The van der Waals surface area contributed by atoms with Gasteiger partial charge in [-0.2, -0.15) is 0 Å². The molecule has 3 N–H and O–H groups in total. The van der Waals surface area contributed by atoms with Gasteiger partial charge in [-0.3, -0.25) is 9.42 Å². The van der Waals surface area contributed by atoms with Gasteiger partial charge in [0.2, 0.25) is 0 Å². The van der Waals surface area contributed by atoms with Crippen LogP contribution in [0.4, 0.5) is 0 Å². The van der Waals surface area contributed by atoms with E-state index >= 15 is 0 Å². The van der Waals surface area contributed by atoms with Crippen molar-refractivity contribution in [2.75, 3.05) is 13.2 Å². The van der Waals surface area contributed by atoms with Crippen molar-refractivity contribution in [3.8, 4) is 11.5 Å². The molecule has 0 aliphatic heterocycles. The Kier molecular flexibility index (Phi) is 8.14. The van der Waals surface area contributed by atoms with Crippen LogP contribution in [0, 0.1) is 0 Å². The third-order valence-corrected chi connectivity index (χ3v) is 2.96. The number of nitrogens with two attached hydrogens (primary N) is 1. The fraction of sp³-hybridized carbons (Fsp3) is 0.400. The van der Waals surface area contributed by atoms with E-state index < -0.39 is 13.6 Å². The molecule has 0 aliphatic carbocycles. The van der Waals surface area contributed by atoms with Gasteiger partial charge in [0.05, 0.1) is 6.61 Å². The van der Waals surface area contributed by atoms with Crippen LogP contribution in [0.2, 0.25) is 0 Å². The molecule has 1 rings (SSSR count). The van der Waals surface area contributed by atoms with Gasteiger partial charge in [-0.1, -0.05) is 17.9 Å². The molecule has 0 aromatic heterocycles. The second-order valence-electron chi connectivity index (χ2n) is 3.30. The minimum absolute atomic E-state index is 0. The van der Waals surface area contributed by atoms with Gasteiger partial charge in [0, 0.05) is 0 Å². The van der Waals surface area contributed by atoms with Crippen molar-refractivity contribution in [2.45, 2.75) is 13.3 Å². The standard InChI is InChI=1S/C10H16NO5P.Na/c1-2-15-17(13,14)16-10-4-3-8(5-6-11)7-9(10)12;/h3-4,7,12H,2,5-6,11H2,1H3,(H,13,14);/q;+1/p-1. The average molecular weight is 283 g/mol. The third-order valence-electron chi connectivity index (χ3n) is 1.95. The van der Waals surface area contributed by atoms with Crippen molar-refractivity contribution in [2.24, 2.45) is 5.73 Å². The van der Waals surface area contributed by atoms with Gasteiger partial charge in [-0.05, 0) is 31.5 Å². The second kappa shape index (κ2) is 8.17. The van der Waals surface area contributed by atoms with Crippen molar-refractivity contribution >= 4 is 7.82 Å². The Morgan fingerprint density at radius 1 is 1.50 bits per heavy atom. The fourth-order valence-corrected chi connectivity index (χ4v) is 2.04. The summed E-state index contributed by atoms with van der Waals surface area (Å²) < 4.78 is 20.4. The van der Waals surface area contributed by atoms with Gasteiger partial charge >= 0.3 is 37.4 Å². The summed E-state index contributed by atoms with van der Waals surface area (Å²) >= 11 is 0. The Morgan fingerprint density at radius 2 is 2.17 bits per heavy atom. The van der Waals surface area contributed by atoms with E-state index in [4.69, 9.17) is 5.73 Å². The zero-order chi connectivity index (χ0) is 12.9. The van der Waals surface area contributed by atoms with Gasteiger partial charge in [-0.15, -0.1) is 0 Å². The van der Waals surface area contributed by atoms with Gasteiger partial charge < -0.3 is 15.4 Å². The van der Waals surface area contributed by atoms with Gasteiger partial charge in [0.1, 0.15) is 5.75 Å². The van der Waals surface area contributed by atoms with Gasteiger partial charge in [-0.25, -0.2) is 4.57 Å². The number of phosphoric acid groups is 1. The van der Waals surface area contributed by atoms with E-state index in [0.29, 0.717) is 13.0 Å². The predicted molar refractivity (Wildman–Crippen MR) is 60.7 cm³/mol. The summed E-state index contributed by atoms with van der Waals surface area (Å²) in [4.78, 5) is 9.22. The van der Waals surface area contributed by atoms with Crippen LogP contribution in [-0.4, -0.2) is 18.0 Å². The van der Waals surface area contributed by atoms with Crippen LogP contribution in [-0.2, 0) is 15.5 Å². The summed E-state index contributed by atoms with van der Waals surface area (Å²) in [6, 6.07) is 4.29. The number of benzene rings is 1. The molecule has 8 heteroatoms. The van der Waals surface area contributed by atoms with Crippen LogP contribution in [0.1, 0.15) is 12.5 Å². The first-order valence-electron chi connectivity index (χ1n) is 5.15. The summed E-state index contributed by atoms with van der Waals surface area (Å²) in [7, 11) is -4.20. The first kappa shape index (κ1) is 17.9. The van der Waals surface area contributed by atoms with Crippen molar-refractivity contribution in [3.05, 3.63) is 23.8 Å². The monoisotopic (exact) mass is 283 g/mol. The summed E-state index contributed by atoms with van der Waals surface area (Å²) in [6.07, 6.45) is 0.567. The number of hydrogen-bond acceptors (Lipinski definition) is 5. The molecule has 96 valence electrons. The first-order chi connectivity index (χ1) is 7.98. The predicted octanol–water partition coefficient (Wildman–Crippen LogP) is -2.22. The van der Waals surface area contributed by atoms with E-state index in [2.05, 4.69) is 9.05 Å². The molecule has 0 amide bonds. The summed E-state index contributed by atoms with van der Waals surface area (Å²) in [6.45, 7) is 2.00. The maximum Gasteiger partial charge on any atom is 1.00 e. The SMILES string of the molecule is CCOP(=O)(O)Oc1ccc(CCN)cc1[O-].[Na+]. The third kappa shape index (κ3) is 5.71. The summed E-state index contributed by atoms with van der Waals surface area (Å²) in [5.74, 6) is -0.671. The molecule has 0 bridgehead atoms. The Hall–Kier alpha value is -0.0700. The minimum atomic E-state index is -4.20. The van der Waals surface area contributed by atoms with E-state index in [-0.39, 0.29) is 41.9 Å². The molecule has 0 saturated heterocycles. The molecule has 1 aromatic rings. The van der Waals surface area contributed by atoms with Crippen LogP contribution in [0.25, 0.3) is 0 Å². The van der Waals surface area contributed by atoms with Crippen LogP contribution < -0.4 is 44.9 Å². The molecule has 6 nitrogen and oxygen atoms in total. The summed E-state index contributed by atoms with van der Waals surface area (Å²) in [5, 5.41) is 11.5. The Bertz CT molecular complexity index is 429. The number of phosphoric ester groups is 1. The van der Waals surface area contributed by atoms with Gasteiger partial charge in [0.15, 0.2) is 0 Å². The smallest absolute Gasteiger partial charge is 0.870 e. The average Bonchev–Trinajstić information content (AvgIpc) is 2.22. The number of rotatable bonds is 6. The Balaban J connectivity index is 0.00000289. The molecule has 1 atom stereocenters. The molecule has 0 aliphatic rings. The molecule has 0 radical (unpaired) electrons. The minimum Gasteiger partial charge on any atom is -0.870 e. The second-order valence-corrected chi connectivity index (χ2v) is 4.68. The van der Waals surface area contributed by atoms with Gasteiger partial charge in [0.25, 0.3) is 0 Å². The zero-order valence-electron chi connectivity index (χ0n) is 10.5. The van der Waals surface area contributed by atoms with Crippen molar-refractivity contribution in [1.82, 2.24) is 0 Å². The van der Waals surface area contributed by atoms with Crippen LogP contribution in [0.5, 0.6) is 11.5 Å². The van der Waals surface area contributed by atoms with E-state index in [9.17, 15) is 14.6 Å². The normalized spacial score (nSPS) is 13.5. The molecule has 0 spiro atoms. The van der Waals surface area contributed by atoms with E-state index in [1.54, 1.807) is 13.0 Å². The topological polar surface area (TPSA) is 105 Å². The molecule has 18 heavy (non-hydrogen) atoms. The van der Waals surface area contributed by atoms with Crippen molar-refractivity contribution in [3.63, 3.8) is 0 Å². The quantitative estimate of drug-likeness (QED) is 0.453.